The second kappa shape index (κ2) is 5.64. The summed E-state index contributed by atoms with van der Waals surface area (Å²) in [5, 5.41) is 0. The van der Waals surface area contributed by atoms with Gasteiger partial charge in [0.05, 0.1) is 0 Å². The van der Waals surface area contributed by atoms with Crippen LogP contribution in [0.25, 0.3) is 0 Å². The number of rotatable bonds is 4. The van der Waals surface area contributed by atoms with E-state index in [2.05, 4.69) is 9.97 Å². The van der Waals surface area contributed by atoms with Crippen LogP contribution in [0.2, 0.25) is 0 Å². The molecule has 0 saturated heterocycles. The molecular formula is C15H17N5O3. The van der Waals surface area contributed by atoms with Gasteiger partial charge in [-0.15, -0.1) is 0 Å². The lowest BCUT2D eigenvalue weighted by Crippen LogP contribution is -2.14. The van der Waals surface area contributed by atoms with Crippen molar-refractivity contribution in [2.24, 2.45) is 0 Å². The van der Waals surface area contributed by atoms with E-state index >= 15 is 0 Å². The second-order valence-corrected chi connectivity index (χ2v) is 5.36. The van der Waals surface area contributed by atoms with Crippen LogP contribution in [0.4, 0.5) is 17.6 Å². The molecule has 1 aliphatic heterocycles. The van der Waals surface area contributed by atoms with Gasteiger partial charge in [-0.05, 0) is 30.2 Å². The number of hydrogen-bond donors (Lipinski definition) is 3. The zero-order chi connectivity index (χ0) is 16.6. The van der Waals surface area contributed by atoms with Gasteiger partial charge >= 0.3 is 0 Å². The quantitative estimate of drug-likeness (QED) is 0.745. The highest BCUT2D eigenvalue weighted by Crippen LogP contribution is 2.34. The minimum absolute atomic E-state index is 0.0113. The predicted octanol–water partition coefficient (Wildman–Crippen LogP) is 0.615. The molecule has 0 spiro atoms. The van der Waals surface area contributed by atoms with Crippen molar-refractivity contribution in [1.29, 1.82) is 0 Å². The second-order valence-electron chi connectivity index (χ2n) is 5.36. The van der Waals surface area contributed by atoms with Gasteiger partial charge in [-0.1, -0.05) is 0 Å². The molecule has 0 atom stereocenters. The Morgan fingerprint density at radius 2 is 1.70 bits per heavy atom. The summed E-state index contributed by atoms with van der Waals surface area (Å²) in [7, 11) is 0. The monoisotopic (exact) mass is 315 g/mol. The molecule has 1 aliphatic rings. The first-order valence-electron chi connectivity index (χ1n) is 7.02. The lowest BCUT2D eigenvalue weighted by atomic mass is 9.99. The Hall–Kier alpha value is -3.03. The van der Waals surface area contributed by atoms with Gasteiger partial charge in [0.2, 0.25) is 12.7 Å². The number of aryl methyl sites for hydroxylation is 1. The minimum Gasteiger partial charge on any atom is -0.454 e. The van der Waals surface area contributed by atoms with Crippen LogP contribution in [0.5, 0.6) is 11.5 Å². The van der Waals surface area contributed by atoms with E-state index in [9.17, 15) is 4.79 Å². The van der Waals surface area contributed by atoms with Gasteiger partial charge in [0.1, 0.15) is 17.4 Å². The average molecular weight is 315 g/mol. The third-order valence-corrected chi connectivity index (χ3v) is 3.68. The molecule has 0 unspecified atom stereocenters. The number of nitrogen functional groups attached to an aromatic ring is 3. The molecule has 0 amide bonds. The number of benzene rings is 1. The van der Waals surface area contributed by atoms with Crippen LogP contribution in [0, 0.1) is 6.92 Å². The largest absolute Gasteiger partial charge is 0.454 e. The van der Waals surface area contributed by atoms with Crippen molar-refractivity contribution in [2.45, 2.75) is 19.8 Å². The Morgan fingerprint density at radius 1 is 1.09 bits per heavy atom. The zero-order valence-electron chi connectivity index (χ0n) is 12.6. The van der Waals surface area contributed by atoms with E-state index in [1.807, 2.05) is 19.1 Å². The fourth-order valence-electron chi connectivity index (χ4n) is 2.47. The lowest BCUT2D eigenvalue weighted by Gasteiger charge is -2.10. The maximum atomic E-state index is 12.4. The molecule has 0 saturated carbocycles. The molecule has 1 aromatic heterocycles. The Morgan fingerprint density at radius 3 is 2.35 bits per heavy atom. The Kier molecular flexibility index (Phi) is 3.65. The molecule has 23 heavy (non-hydrogen) atoms. The van der Waals surface area contributed by atoms with Crippen LogP contribution < -0.4 is 26.7 Å². The minimum atomic E-state index is -0.0567. The Labute approximate surface area is 132 Å². The highest BCUT2D eigenvalue weighted by molar-refractivity contribution is 5.86. The van der Waals surface area contributed by atoms with Crippen LogP contribution in [0.3, 0.4) is 0 Å². The van der Waals surface area contributed by atoms with Gasteiger partial charge < -0.3 is 26.7 Å². The molecular weight excluding hydrogens is 298 g/mol. The number of nitrogens with zero attached hydrogens (tertiary/aromatic N) is 2. The fraction of sp³-hybridized carbons (Fsp3) is 0.267. The molecule has 0 bridgehead atoms. The molecule has 2 aromatic rings. The Balaban J connectivity index is 1.78. The van der Waals surface area contributed by atoms with Crippen molar-refractivity contribution in [3.63, 3.8) is 0 Å². The molecule has 6 N–H and O–H groups in total. The molecule has 8 heteroatoms. The van der Waals surface area contributed by atoms with Crippen LogP contribution in [-0.2, 0) is 17.6 Å². The van der Waals surface area contributed by atoms with Crippen LogP contribution in [0.15, 0.2) is 12.1 Å². The smallest absolute Gasteiger partial charge is 0.231 e. The lowest BCUT2D eigenvalue weighted by molar-refractivity contribution is -0.117. The number of ether oxygens (including phenoxy) is 2. The van der Waals surface area contributed by atoms with E-state index in [0.717, 1.165) is 11.1 Å². The predicted molar refractivity (Wildman–Crippen MR) is 85.0 cm³/mol. The first kappa shape index (κ1) is 14.9. The number of carbonyl (C=O) groups is 1. The normalized spacial score (nSPS) is 12.4. The molecule has 120 valence electrons. The number of Topliss-reactive ketones (excluding diaryl/α,β-unsaturated/α-hetero) is 1. The van der Waals surface area contributed by atoms with E-state index in [0.29, 0.717) is 17.1 Å². The zero-order valence-corrected chi connectivity index (χ0v) is 12.6. The number of carbonyl (C=O) groups excluding carboxylic acids is 1. The van der Waals surface area contributed by atoms with Gasteiger partial charge in [0, 0.05) is 18.4 Å². The van der Waals surface area contributed by atoms with Crippen molar-refractivity contribution in [3.8, 4) is 11.5 Å². The van der Waals surface area contributed by atoms with E-state index in [1.54, 1.807) is 0 Å². The van der Waals surface area contributed by atoms with Crippen LogP contribution in [-0.4, -0.2) is 22.5 Å². The number of ketones is 1. The molecule has 2 heterocycles. The fourth-order valence-corrected chi connectivity index (χ4v) is 2.47. The van der Waals surface area contributed by atoms with Crippen molar-refractivity contribution >= 4 is 23.4 Å². The molecule has 0 radical (unpaired) electrons. The summed E-state index contributed by atoms with van der Waals surface area (Å²) in [6.07, 6.45) is 0.275. The van der Waals surface area contributed by atoms with E-state index in [-0.39, 0.29) is 43.0 Å². The van der Waals surface area contributed by atoms with Crippen molar-refractivity contribution in [3.05, 3.63) is 28.8 Å². The van der Waals surface area contributed by atoms with E-state index in [4.69, 9.17) is 26.7 Å². The van der Waals surface area contributed by atoms with Gasteiger partial charge in [0.25, 0.3) is 0 Å². The highest BCUT2D eigenvalue weighted by Gasteiger charge is 2.18. The third-order valence-electron chi connectivity index (χ3n) is 3.68. The SMILES string of the molecule is Cc1cc2c(cc1CC(=O)Cc1c(N)nc(N)nc1N)OCO2. The summed E-state index contributed by atoms with van der Waals surface area (Å²) in [5.74, 6) is 1.53. The van der Waals surface area contributed by atoms with Crippen molar-refractivity contribution < 1.29 is 14.3 Å². The van der Waals surface area contributed by atoms with Crippen LogP contribution in [0.1, 0.15) is 16.7 Å². The van der Waals surface area contributed by atoms with Gasteiger partial charge in [-0.25, -0.2) is 0 Å². The van der Waals surface area contributed by atoms with Gasteiger partial charge in [-0.2, -0.15) is 9.97 Å². The summed E-state index contributed by atoms with van der Waals surface area (Å²) < 4.78 is 10.6. The summed E-state index contributed by atoms with van der Waals surface area (Å²) in [6, 6.07) is 3.68. The summed E-state index contributed by atoms with van der Waals surface area (Å²) in [4.78, 5) is 20.0. The van der Waals surface area contributed by atoms with Crippen molar-refractivity contribution in [1.82, 2.24) is 9.97 Å². The highest BCUT2D eigenvalue weighted by atomic mass is 16.7. The number of anilines is 3. The number of nitrogens with two attached hydrogens (primary N) is 3. The molecule has 1 aromatic carbocycles. The summed E-state index contributed by atoms with van der Waals surface area (Å²) >= 11 is 0. The maximum Gasteiger partial charge on any atom is 0.231 e. The molecule has 3 rings (SSSR count). The number of aromatic nitrogens is 2. The number of hydrogen-bond acceptors (Lipinski definition) is 8. The standard InChI is InChI=1S/C15H17N5O3/c1-7-2-11-12(23-6-22-11)4-8(7)3-9(21)5-10-13(16)19-15(18)20-14(10)17/h2,4H,3,5-6H2,1H3,(H6,16,17,18,19,20). The molecule has 8 nitrogen and oxygen atoms in total. The van der Waals surface area contributed by atoms with Gasteiger partial charge in [0.15, 0.2) is 11.5 Å². The number of fused-ring (bicyclic) bond motifs is 1. The van der Waals surface area contributed by atoms with E-state index in [1.165, 1.54) is 0 Å². The van der Waals surface area contributed by atoms with E-state index < -0.39 is 0 Å². The summed E-state index contributed by atoms with van der Waals surface area (Å²) in [5.41, 5.74) is 19.2. The average Bonchev–Trinajstić information content (AvgIpc) is 2.90. The maximum absolute atomic E-state index is 12.4. The molecule has 0 aliphatic carbocycles. The van der Waals surface area contributed by atoms with Crippen LogP contribution >= 0.6 is 0 Å². The first-order valence-corrected chi connectivity index (χ1v) is 7.02. The molecule has 0 fully saturated rings. The Bertz CT molecular complexity index is 768. The first-order chi connectivity index (χ1) is 10.9. The van der Waals surface area contributed by atoms with Crippen molar-refractivity contribution in [2.75, 3.05) is 24.0 Å². The summed E-state index contributed by atoms with van der Waals surface area (Å²) in [6.45, 7) is 2.11. The topological polar surface area (TPSA) is 139 Å². The van der Waals surface area contributed by atoms with Gasteiger partial charge in [-0.3, -0.25) is 4.79 Å². The third kappa shape index (κ3) is 2.96.